The van der Waals surface area contributed by atoms with Gasteiger partial charge in [0.25, 0.3) is 0 Å². The summed E-state index contributed by atoms with van der Waals surface area (Å²) >= 11 is 0. The first-order chi connectivity index (χ1) is 27.7. The van der Waals surface area contributed by atoms with Crippen LogP contribution in [0, 0.1) is 0 Å². The molecule has 4 heteroatoms. The number of aromatic nitrogens is 2. The number of hydrogen-bond donors (Lipinski definition) is 0. The van der Waals surface area contributed by atoms with Crippen molar-refractivity contribution in [3.05, 3.63) is 182 Å². The van der Waals surface area contributed by atoms with Gasteiger partial charge in [0.05, 0.1) is 0 Å². The van der Waals surface area contributed by atoms with Gasteiger partial charge in [0.1, 0.15) is 28.0 Å². The largest absolute Gasteiger partial charge is 0.456 e. The lowest BCUT2D eigenvalue weighted by molar-refractivity contribution is 0.667. The molecular weight excluding hydrogens is 685 g/mol. The maximum Gasteiger partial charge on any atom is 0.180 e. The number of nitrogens with zero attached hydrogens (tertiary/aromatic N) is 2. The molecule has 0 bridgehead atoms. The Balaban J connectivity index is 0.953. The molecule has 0 radical (unpaired) electrons. The zero-order valence-corrected chi connectivity index (χ0v) is 30.0. The molecule has 0 aliphatic heterocycles. The lowest BCUT2D eigenvalue weighted by Gasteiger charge is -2.12. The van der Waals surface area contributed by atoms with E-state index in [1.54, 1.807) is 0 Å². The van der Waals surface area contributed by atoms with E-state index in [1.807, 2.05) is 48.5 Å². The van der Waals surface area contributed by atoms with Gasteiger partial charge in [-0.05, 0) is 97.0 Å². The van der Waals surface area contributed by atoms with Crippen molar-refractivity contribution in [1.29, 1.82) is 0 Å². The van der Waals surface area contributed by atoms with Crippen molar-refractivity contribution >= 4 is 76.3 Å². The topological polar surface area (TPSA) is 52.1 Å². The predicted octanol–water partition coefficient (Wildman–Crippen LogP) is 14.4. The van der Waals surface area contributed by atoms with Crippen molar-refractivity contribution in [3.8, 4) is 44.9 Å². The smallest absolute Gasteiger partial charge is 0.180 e. The van der Waals surface area contributed by atoms with E-state index >= 15 is 0 Å². The normalized spacial score (nSPS) is 11.9. The van der Waals surface area contributed by atoms with Crippen LogP contribution in [0.5, 0.6) is 0 Å². The van der Waals surface area contributed by atoms with E-state index in [1.165, 1.54) is 37.9 Å². The zero-order valence-electron chi connectivity index (χ0n) is 30.0. The minimum atomic E-state index is 0.671. The third kappa shape index (κ3) is 4.73. The molecule has 0 amide bonds. The Labute approximate surface area is 320 Å². The van der Waals surface area contributed by atoms with Crippen LogP contribution in [0.1, 0.15) is 0 Å². The average Bonchev–Trinajstić information content (AvgIpc) is 3.83. The molecule has 3 aromatic heterocycles. The van der Waals surface area contributed by atoms with Gasteiger partial charge >= 0.3 is 0 Å². The summed E-state index contributed by atoms with van der Waals surface area (Å²) in [6.45, 7) is 0. The Kier molecular flexibility index (Phi) is 6.60. The molecule has 0 saturated heterocycles. The molecule has 0 atom stereocenters. The minimum absolute atomic E-state index is 0.671. The summed E-state index contributed by atoms with van der Waals surface area (Å²) in [7, 11) is 0. The second-order valence-electron chi connectivity index (χ2n) is 14.5. The summed E-state index contributed by atoms with van der Waals surface area (Å²) in [5, 5.41) is 10.8. The van der Waals surface area contributed by atoms with Crippen LogP contribution < -0.4 is 0 Å². The van der Waals surface area contributed by atoms with Crippen molar-refractivity contribution in [2.24, 2.45) is 0 Å². The second kappa shape index (κ2) is 12.0. The molecule has 0 saturated carbocycles. The van der Waals surface area contributed by atoms with E-state index in [9.17, 15) is 0 Å². The molecule has 9 aromatic carbocycles. The first-order valence-electron chi connectivity index (χ1n) is 18.9. The van der Waals surface area contributed by atoms with Gasteiger partial charge in [0, 0.05) is 27.3 Å². The molecule has 56 heavy (non-hydrogen) atoms. The van der Waals surface area contributed by atoms with Crippen LogP contribution in [0.15, 0.2) is 191 Å². The van der Waals surface area contributed by atoms with Crippen LogP contribution in [0.2, 0.25) is 0 Å². The summed E-state index contributed by atoms with van der Waals surface area (Å²) in [6, 6.07) is 63.9. The van der Waals surface area contributed by atoms with Crippen LogP contribution in [0.4, 0.5) is 0 Å². The maximum absolute atomic E-state index is 6.60. The van der Waals surface area contributed by atoms with Gasteiger partial charge in [0.15, 0.2) is 11.4 Å². The average molecular weight is 715 g/mol. The summed E-state index contributed by atoms with van der Waals surface area (Å²) < 4.78 is 13.1. The fourth-order valence-electron chi connectivity index (χ4n) is 8.55. The van der Waals surface area contributed by atoms with E-state index in [2.05, 4.69) is 133 Å². The van der Waals surface area contributed by atoms with Gasteiger partial charge in [-0.3, -0.25) is 0 Å². The van der Waals surface area contributed by atoms with Crippen molar-refractivity contribution in [3.63, 3.8) is 0 Å². The summed E-state index contributed by atoms with van der Waals surface area (Å²) in [6.07, 6.45) is 0. The van der Waals surface area contributed by atoms with E-state index in [0.29, 0.717) is 11.4 Å². The standard InChI is InChI=1S/C52H30N2O2/c1-3-11-31(12-4-1)49-51-50(54-52(53-49)32-13-5-2-6-14-32)43-25-21-36(30-48(43)56-51)35-20-24-42-45-28-34(22-26-46(45)55-47(42)29-35)33-19-23-41-39-17-8-7-15-37(39)38-16-9-10-18-40(38)44(41)27-33/h1-30H. The highest BCUT2D eigenvalue weighted by molar-refractivity contribution is 6.26. The number of furan rings is 2. The molecule has 0 unspecified atom stereocenters. The predicted molar refractivity (Wildman–Crippen MR) is 231 cm³/mol. The second-order valence-corrected chi connectivity index (χ2v) is 14.5. The molecular formula is C52H30N2O2. The molecule has 0 N–H and O–H groups in total. The SMILES string of the molecule is c1ccc(-c2nc(-c3ccccc3)c3oc4cc(-c5ccc6c(c5)oc5ccc(-c7ccc8c9ccccc9c9ccccc9c8c7)cc56)ccc4c3n2)cc1. The molecule has 0 fully saturated rings. The highest BCUT2D eigenvalue weighted by Crippen LogP contribution is 2.41. The molecule has 3 heterocycles. The highest BCUT2D eigenvalue weighted by Gasteiger charge is 2.19. The van der Waals surface area contributed by atoms with Gasteiger partial charge in [-0.2, -0.15) is 0 Å². The monoisotopic (exact) mass is 714 g/mol. The van der Waals surface area contributed by atoms with Crippen LogP contribution in [-0.4, -0.2) is 9.97 Å². The minimum Gasteiger partial charge on any atom is -0.456 e. The molecule has 260 valence electrons. The number of rotatable bonds is 4. The van der Waals surface area contributed by atoms with E-state index in [-0.39, 0.29) is 0 Å². The zero-order chi connectivity index (χ0) is 36.7. The first kappa shape index (κ1) is 30.9. The van der Waals surface area contributed by atoms with Crippen molar-refractivity contribution in [2.75, 3.05) is 0 Å². The molecule has 12 aromatic rings. The van der Waals surface area contributed by atoms with Crippen molar-refractivity contribution in [1.82, 2.24) is 9.97 Å². The van der Waals surface area contributed by atoms with E-state index in [4.69, 9.17) is 18.8 Å². The van der Waals surface area contributed by atoms with Crippen LogP contribution in [-0.2, 0) is 0 Å². The number of fused-ring (bicyclic) bond motifs is 12. The first-order valence-corrected chi connectivity index (χ1v) is 18.9. The van der Waals surface area contributed by atoms with Gasteiger partial charge < -0.3 is 8.83 Å². The van der Waals surface area contributed by atoms with E-state index in [0.717, 1.165) is 71.9 Å². The fourth-order valence-corrected chi connectivity index (χ4v) is 8.55. The molecule has 12 rings (SSSR count). The fraction of sp³-hybridized carbons (Fsp3) is 0. The Morgan fingerprint density at radius 3 is 1.43 bits per heavy atom. The van der Waals surface area contributed by atoms with Gasteiger partial charge in [-0.25, -0.2) is 9.97 Å². The number of benzene rings is 9. The summed E-state index contributed by atoms with van der Waals surface area (Å²) in [5.41, 5.74) is 11.1. The van der Waals surface area contributed by atoms with Crippen LogP contribution in [0.3, 0.4) is 0 Å². The Morgan fingerprint density at radius 2 is 0.768 bits per heavy atom. The van der Waals surface area contributed by atoms with Gasteiger partial charge in [0.2, 0.25) is 0 Å². The molecule has 0 aliphatic rings. The molecule has 0 aliphatic carbocycles. The Bertz CT molecular complexity index is 3490. The van der Waals surface area contributed by atoms with Crippen molar-refractivity contribution in [2.45, 2.75) is 0 Å². The maximum atomic E-state index is 6.60. The summed E-state index contributed by atoms with van der Waals surface area (Å²) in [5.74, 6) is 0.671. The van der Waals surface area contributed by atoms with Crippen LogP contribution in [0.25, 0.3) is 121 Å². The van der Waals surface area contributed by atoms with Crippen LogP contribution >= 0.6 is 0 Å². The molecule has 4 nitrogen and oxygen atoms in total. The molecule has 0 spiro atoms. The Hall–Kier alpha value is -7.56. The number of hydrogen-bond acceptors (Lipinski definition) is 4. The van der Waals surface area contributed by atoms with Crippen molar-refractivity contribution < 1.29 is 8.83 Å². The quantitative estimate of drug-likeness (QED) is 0.170. The summed E-state index contributed by atoms with van der Waals surface area (Å²) in [4.78, 5) is 10.1. The third-order valence-corrected chi connectivity index (χ3v) is 11.3. The van der Waals surface area contributed by atoms with E-state index < -0.39 is 0 Å². The van der Waals surface area contributed by atoms with Gasteiger partial charge in [-0.1, -0.05) is 140 Å². The third-order valence-electron chi connectivity index (χ3n) is 11.3. The lowest BCUT2D eigenvalue weighted by atomic mass is 9.92. The van der Waals surface area contributed by atoms with Gasteiger partial charge in [-0.15, -0.1) is 0 Å². The lowest BCUT2D eigenvalue weighted by Crippen LogP contribution is -1.93. The Morgan fingerprint density at radius 1 is 0.286 bits per heavy atom. The highest BCUT2D eigenvalue weighted by atomic mass is 16.3.